The molecule has 1 aromatic heterocycles. The van der Waals surface area contributed by atoms with Crippen LogP contribution in [0.25, 0.3) is 0 Å². The van der Waals surface area contributed by atoms with Gasteiger partial charge in [0.25, 0.3) is 0 Å². The molecule has 0 aliphatic carbocycles. The molecule has 1 atom stereocenters. The molecule has 64 valence electrons. The number of rotatable bonds is 0. The van der Waals surface area contributed by atoms with Crippen LogP contribution in [0.3, 0.4) is 0 Å². The summed E-state index contributed by atoms with van der Waals surface area (Å²) in [5.74, 6) is 5.87. The summed E-state index contributed by atoms with van der Waals surface area (Å²) in [5, 5.41) is 4.07. The molecule has 0 aliphatic rings. The number of aromatic nitrogens is 2. The third-order valence-electron chi connectivity index (χ3n) is 1.67. The van der Waals surface area contributed by atoms with Gasteiger partial charge in [-0.3, -0.25) is 4.68 Å². The van der Waals surface area contributed by atoms with Crippen LogP contribution in [0.4, 0.5) is 0 Å². The van der Waals surface area contributed by atoms with Gasteiger partial charge in [0.15, 0.2) is 0 Å². The third kappa shape index (κ3) is 1.86. The number of hydrogen-bond donors (Lipinski definition) is 1. The average molecular weight is 163 g/mol. The zero-order valence-electron chi connectivity index (χ0n) is 7.63. The van der Waals surface area contributed by atoms with E-state index in [1.807, 2.05) is 20.9 Å². The van der Waals surface area contributed by atoms with Gasteiger partial charge in [-0.15, -0.1) is 0 Å². The Morgan fingerprint density at radius 3 is 2.75 bits per heavy atom. The molecule has 0 aliphatic heterocycles. The standard InChI is InChI=1S/C9H13N3/c1-7(10)4-5-9-6-11-12(3)8(9)2/h6-7H,10H2,1-3H3. The van der Waals surface area contributed by atoms with Gasteiger partial charge in [0, 0.05) is 7.05 Å². The lowest BCUT2D eigenvalue weighted by Gasteiger charge is -1.92. The number of aryl methyl sites for hydroxylation is 1. The van der Waals surface area contributed by atoms with Crippen LogP contribution in [-0.2, 0) is 7.05 Å². The van der Waals surface area contributed by atoms with Crippen molar-refractivity contribution in [1.29, 1.82) is 0 Å². The van der Waals surface area contributed by atoms with E-state index in [-0.39, 0.29) is 6.04 Å². The number of nitrogens with two attached hydrogens (primary N) is 1. The van der Waals surface area contributed by atoms with Gasteiger partial charge in [0.05, 0.1) is 23.5 Å². The molecule has 0 radical (unpaired) electrons. The Morgan fingerprint density at radius 1 is 1.67 bits per heavy atom. The van der Waals surface area contributed by atoms with Crippen LogP contribution in [0.5, 0.6) is 0 Å². The first-order chi connectivity index (χ1) is 5.61. The first kappa shape index (κ1) is 8.82. The molecule has 0 saturated carbocycles. The van der Waals surface area contributed by atoms with Crippen molar-refractivity contribution in [3.05, 3.63) is 17.5 Å². The summed E-state index contributed by atoms with van der Waals surface area (Å²) in [6.07, 6.45) is 1.75. The van der Waals surface area contributed by atoms with E-state index in [2.05, 4.69) is 16.9 Å². The molecule has 0 amide bonds. The minimum Gasteiger partial charge on any atom is -0.318 e. The lowest BCUT2D eigenvalue weighted by atomic mass is 10.2. The molecule has 1 heterocycles. The molecule has 0 fully saturated rings. The quantitative estimate of drug-likeness (QED) is 0.563. The van der Waals surface area contributed by atoms with Crippen molar-refractivity contribution < 1.29 is 0 Å². The fraction of sp³-hybridized carbons (Fsp3) is 0.444. The predicted octanol–water partition coefficient (Wildman–Crippen LogP) is 0.427. The van der Waals surface area contributed by atoms with Crippen molar-refractivity contribution in [2.24, 2.45) is 12.8 Å². The van der Waals surface area contributed by atoms with Gasteiger partial charge in [0.1, 0.15) is 0 Å². The van der Waals surface area contributed by atoms with Gasteiger partial charge in [0.2, 0.25) is 0 Å². The topological polar surface area (TPSA) is 43.8 Å². The highest BCUT2D eigenvalue weighted by Gasteiger charge is 1.98. The van der Waals surface area contributed by atoms with Gasteiger partial charge < -0.3 is 5.73 Å². The highest BCUT2D eigenvalue weighted by atomic mass is 15.3. The minimum atomic E-state index is -0.0791. The van der Waals surface area contributed by atoms with Crippen molar-refractivity contribution >= 4 is 0 Å². The third-order valence-corrected chi connectivity index (χ3v) is 1.67. The van der Waals surface area contributed by atoms with Crippen LogP contribution in [0.1, 0.15) is 18.2 Å². The monoisotopic (exact) mass is 163 g/mol. The van der Waals surface area contributed by atoms with Crippen LogP contribution >= 0.6 is 0 Å². The van der Waals surface area contributed by atoms with Crippen molar-refractivity contribution in [1.82, 2.24) is 9.78 Å². The highest BCUT2D eigenvalue weighted by molar-refractivity contribution is 5.36. The predicted molar refractivity (Wildman–Crippen MR) is 48.5 cm³/mol. The van der Waals surface area contributed by atoms with Crippen molar-refractivity contribution in [3.63, 3.8) is 0 Å². The first-order valence-electron chi connectivity index (χ1n) is 3.87. The second-order valence-corrected chi connectivity index (χ2v) is 2.83. The zero-order chi connectivity index (χ0) is 9.14. The molecule has 1 unspecified atom stereocenters. The maximum Gasteiger partial charge on any atom is 0.0654 e. The maximum atomic E-state index is 5.50. The van der Waals surface area contributed by atoms with Crippen LogP contribution in [0.15, 0.2) is 6.20 Å². The summed E-state index contributed by atoms with van der Waals surface area (Å²) >= 11 is 0. The van der Waals surface area contributed by atoms with Crippen molar-refractivity contribution in [3.8, 4) is 11.8 Å². The van der Waals surface area contributed by atoms with Gasteiger partial charge in [-0.05, 0) is 13.8 Å². The van der Waals surface area contributed by atoms with E-state index in [0.717, 1.165) is 11.3 Å². The minimum absolute atomic E-state index is 0.0791. The fourth-order valence-electron chi connectivity index (χ4n) is 0.813. The molecule has 1 rings (SSSR count). The first-order valence-corrected chi connectivity index (χ1v) is 3.87. The van der Waals surface area contributed by atoms with Crippen molar-refractivity contribution in [2.75, 3.05) is 0 Å². The highest BCUT2D eigenvalue weighted by Crippen LogP contribution is 2.02. The molecule has 2 N–H and O–H groups in total. The molecule has 3 heteroatoms. The lowest BCUT2D eigenvalue weighted by molar-refractivity contribution is 0.740. The van der Waals surface area contributed by atoms with E-state index in [1.165, 1.54) is 0 Å². The number of nitrogens with zero attached hydrogens (tertiary/aromatic N) is 2. The maximum absolute atomic E-state index is 5.50. The van der Waals surface area contributed by atoms with E-state index in [9.17, 15) is 0 Å². The van der Waals surface area contributed by atoms with E-state index in [4.69, 9.17) is 5.73 Å². The van der Waals surface area contributed by atoms with E-state index in [0.29, 0.717) is 0 Å². The Balaban J connectivity index is 2.92. The Hall–Kier alpha value is -1.27. The molecule has 0 spiro atoms. The molecule has 12 heavy (non-hydrogen) atoms. The summed E-state index contributed by atoms with van der Waals surface area (Å²) in [4.78, 5) is 0. The SMILES string of the molecule is Cc1c(C#CC(C)N)cnn1C. The fourth-order valence-corrected chi connectivity index (χ4v) is 0.813. The van der Waals surface area contributed by atoms with E-state index in [1.54, 1.807) is 10.9 Å². The van der Waals surface area contributed by atoms with Gasteiger partial charge in [-0.1, -0.05) is 11.8 Å². The Kier molecular flexibility index (Phi) is 2.51. The average Bonchev–Trinajstić information content (AvgIpc) is 2.30. The normalized spacial score (nSPS) is 12.0. The molecular formula is C9H13N3. The molecule has 0 saturated heterocycles. The Bertz CT molecular complexity index is 325. The molecule has 1 aromatic rings. The van der Waals surface area contributed by atoms with Crippen molar-refractivity contribution in [2.45, 2.75) is 19.9 Å². The zero-order valence-corrected chi connectivity index (χ0v) is 7.63. The lowest BCUT2D eigenvalue weighted by Crippen LogP contribution is -2.10. The molecular weight excluding hydrogens is 150 g/mol. The number of hydrogen-bond acceptors (Lipinski definition) is 2. The van der Waals surface area contributed by atoms with Gasteiger partial charge >= 0.3 is 0 Å². The van der Waals surface area contributed by atoms with E-state index >= 15 is 0 Å². The van der Waals surface area contributed by atoms with E-state index < -0.39 is 0 Å². The van der Waals surface area contributed by atoms with Gasteiger partial charge in [-0.25, -0.2) is 0 Å². The second kappa shape index (κ2) is 3.42. The summed E-state index contributed by atoms with van der Waals surface area (Å²) in [6.45, 7) is 3.84. The van der Waals surface area contributed by atoms with Crippen LogP contribution in [0, 0.1) is 18.8 Å². The molecule has 0 bridgehead atoms. The summed E-state index contributed by atoms with van der Waals surface area (Å²) in [5.41, 5.74) is 7.52. The van der Waals surface area contributed by atoms with Crippen LogP contribution < -0.4 is 5.73 Å². The largest absolute Gasteiger partial charge is 0.318 e. The van der Waals surface area contributed by atoms with Gasteiger partial charge in [-0.2, -0.15) is 5.10 Å². The molecule has 0 aromatic carbocycles. The summed E-state index contributed by atoms with van der Waals surface area (Å²) in [7, 11) is 1.90. The second-order valence-electron chi connectivity index (χ2n) is 2.83. The van der Waals surface area contributed by atoms with Crippen LogP contribution in [-0.4, -0.2) is 15.8 Å². The Morgan fingerprint density at radius 2 is 2.33 bits per heavy atom. The smallest absolute Gasteiger partial charge is 0.0654 e. The Labute approximate surface area is 72.6 Å². The molecule has 3 nitrogen and oxygen atoms in total. The summed E-state index contributed by atoms with van der Waals surface area (Å²) in [6, 6.07) is -0.0791. The van der Waals surface area contributed by atoms with Crippen LogP contribution in [0.2, 0.25) is 0 Å². The summed E-state index contributed by atoms with van der Waals surface area (Å²) < 4.78 is 1.80.